The quantitative estimate of drug-likeness (QED) is 0.531. The Morgan fingerprint density at radius 1 is 1.89 bits per heavy atom. The highest BCUT2D eigenvalue weighted by molar-refractivity contribution is 4.96. The fourth-order valence-electron chi connectivity index (χ4n) is 0.388. The number of methoxy groups -OCH3 is 1. The highest BCUT2D eigenvalue weighted by atomic mass is 16.5. The fraction of sp³-hybridized carbons (Fsp3) is 0.667. The van der Waals surface area contributed by atoms with Crippen molar-refractivity contribution in [1.29, 1.82) is 0 Å². The van der Waals surface area contributed by atoms with Gasteiger partial charge in [-0.25, -0.2) is 0 Å². The normalized spacial score (nSPS) is 12.8. The van der Waals surface area contributed by atoms with Crippen molar-refractivity contribution >= 4 is 0 Å². The lowest BCUT2D eigenvalue weighted by Gasteiger charge is -2.12. The summed E-state index contributed by atoms with van der Waals surface area (Å²) in [6.45, 7) is 5.38. The number of aliphatic hydroxyl groups is 1. The van der Waals surface area contributed by atoms with Crippen LogP contribution in [0, 0.1) is 0 Å². The Morgan fingerprint density at radius 3 is 2.78 bits per heavy atom. The van der Waals surface area contributed by atoms with Crippen LogP contribution in [0.2, 0.25) is 0 Å². The van der Waals surface area contributed by atoms with Gasteiger partial charge in [-0.3, -0.25) is 0 Å². The molecule has 0 radical (unpaired) electrons. The first-order valence-corrected chi connectivity index (χ1v) is 2.78. The second kappa shape index (κ2) is 4.35. The fourth-order valence-corrected chi connectivity index (χ4v) is 0.388. The van der Waals surface area contributed by atoms with E-state index in [1.165, 1.54) is 0 Å². The SMILES string of the molecule is C=C(NCO)[C@H](C)OC. The van der Waals surface area contributed by atoms with E-state index in [4.69, 9.17) is 9.84 Å². The first-order valence-electron chi connectivity index (χ1n) is 2.78. The van der Waals surface area contributed by atoms with Gasteiger partial charge in [-0.1, -0.05) is 6.58 Å². The van der Waals surface area contributed by atoms with Gasteiger partial charge in [0.1, 0.15) is 6.73 Å². The van der Waals surface area contributed by atoms with Crippen molar-refractivity contribution in [3.05, 3.63) is 12.3 Å². The Balaban J connectivity index is 3.46. The zero-order chi connectivity index (χ0) is 7.28. The van der Waals surface area contributed by atoms with Crippen molar-refractivity contribution in [2.75, 3.05) is 13.8 Å². The third-order valence-corrected chi connectivity index (χ3v) is 1.15. The van der Waals surface area contributed by atoms with Crippen molar-refractivity contribution in [2.45, 2.75) is 13.0 Å². The molecule has 0 aromatic heterocycles. The van der Waals surface area contributed by atoms with E-state index in [1.54, 1.807) is 7.11 Å². The van der Waals surface area contributed by atoms with Crippen LogP contribution in [-0.4, -0.2) is 25.1 Å². The van der Waals surface area contributed by atoms with Gasteiger partial charge in [-0.15, -0.1) is 0 Å². The zero-order valence-corrected chi connectivity index (χ0v) is 5.85. The molecule has 9 heavy (non-hydrogen) atoms. The number of nitrogens with one attached hydrogen (secondary N) is 1. The predicted octanol–water partition coefficient (Wildman–Crippen LogP) is 0.0744. The van der Waals surface area contributed by atoms with Gasteiger partial charge in [-0.05, 0) is 6.92 Å². The second-order valence-electron chi connectivity index (χ2n) is 1.74. The average molecular weight is 131 g/mol. The van der Waals surface area contributed by atoms with Crippen LogP contribution in [0.1, 0.15) is 6.92 Å². The van der Waals surface area contributed by atoms with Gasteiger partial charge in [0.2, 0.25) is 0 Å². The van der Waals surface area contributed by atoms with Crippen LogP contribution in [0.25, 0.3) is 0 Å². The summed E-state index contributed by atoms with van der Waals surface area (Å²) in [7, 11) is 1.59. The number of hydrogen-bond donors (Lipinski definition) is 2. The highest BCUT2D eigenvalue weighted by Crippen LogP contribution is 1.96. The van der Waals surface area contributed by atoms with Gasteiger partial charge in [0.15, 0.2) is 0 Å². The molecule has 1 atom stereocenters. The van der Waals surface area contributed by atoms with E-state index in [2.05, 4.69) is 11.9 Å². The molecule has 2 N–H and O–H groups in total. The molecular formula is C6H13NO2. The third kappa shape index (κ3) is 3.11. The molecule has 0 heterocycles. The molecule has 0 aromatic carbocycles. The molecule has 0 aromatic rings. The molecule has 0 aliphatic heterocycles. The number of aliphatic hydroxyl groups excluding tert-OH is 1. The molecule has 0 aliphatic carbocycles. The molecule has 0 spiro atoms. The Kier molecular flexibility index (Phi) is 4.09. The summed E-state index contributed by atoms with van der Waals surface area (Å²) in [6.07, 6.45) is -0.0443. The average Bonchev–Trinajstić information content (AvgIpc) is 1.87. The summed E-state index contributed by atoms with van der Waals surface area (Å²) >= 11 is 0. The molecule has 0 bridgehead atoms. The van der Waals surface area contributed by atoms with Crippen LogP contribution in [0.4, 0.5) is 0 Å². The van der Waals surface area contributed by atoms with E-state index in [9.17, 15) is 0 Å². The topological polar surface area (TPSA) is 41.5 Å². The maximum absolute atomic E-state index is 8.35. The smallest absolute Gasteiger partial charge is 0.113 e. The van der Waals surface area contributed by atoms with Crippen molar-refractivity contribution in [1.82, 2.24) is 5.32 Å². The zero-order valence-electron chi connectivity index (χ0n) is 5.85. The Bertz CT molecular complexity index is 93.1. The number of rotatable bonds is 4. The molecule has 0 aliphatic rings. The van der Waals surface area contributed by atoms with Crippen LogP contribution in [-0.2, 0) is 4.74 Å². The molecule has 0 unspecified atom stereocenters. The lowest BCUT2D eigenvalue weighted by Crippen LogP contribution is -2.23. The van der Waals surface area contributed by atoms with Crippen molar-refractivity contribution in [3.8, 4) is 0 Å². The number of hydrogen-bond acceptors (Lipinski definition) is 3. The molecule has 0 rings (SSSR count). The van der Waals surface area contributed by atoms with Crippen molar-refractivity contribution < 1.29 is 9.84 Å². The van der Waals surface area contributed by atoms with Crippen molar-refractivity contribution in [2.24, 2.45) is 0 Å². The van der Waals surface area contributed by atoms with Crippen molar-refractivity contribution in [3.63, 3.8) is 0 Å². The van der Waals surface area contributed by atoms with Gasteiger partial charge in [0, 0.05) is 12.8 Å². The van der Waals surface area contributed by atoms with Gasteiger partial charge >= 0.3 is 0 Å². The van der Waals surface area contributed by atoms with Crippen LogP contribution in [0.15, 0.2) is 12.3 Å². The minimum Gasteiger partial charge on any atom is -0.377 e. The van der Waals surface area contributed by atoms with Gasteiger partial charge in [0.25, 0.3) is 0 Å². The Hall–Kier alpha value is -0.540. The maximum atomic E-state index is 8.35. The molecule has 0 saturated carbocycles. The summed E-state index contributed by atoms with van der Waals surface area (Å²) in [6, 6.07) is 0. The Labute approximate surface area is 55.3 Å². The molecule has 3 heteroatoms. The van der Waals surface area contributed by atoms with Gasteiger partial charge in [0.05, 0.1) is 6.10 Å². The van der Waals surface area contributed by atoms with E-state index in [1.807, 2.05) is 6.92 Å². The monoisotopic (exact) mass is 131 g/mol. The maximum Gasteiger partial charge on any atom is 0.113 e. The predicted molar refractivity (Wildman–Crippen MR) is 35.8 cm³/mol. The summed E-state index contributed by atoms with van der Waals surface area (Å²) in [4.78, 5) is 0. The highest BCUT2D eigenvalue weighted by Gasteiger charge is 2.01. The lowest BCUT2D eigenvalue weighted by atomic mass is 10.3. The molecule has 0 saturated heterocycles. The third-order valence-electron chi connectivity index (χ3n) is 1.15. The molecule has 54 valence electrons. The van der Waals surface area contributed by atoms with Crippen LogP contribution >= 0.6 is 0 Å². The van der Waals surface area contributed by atoms with Crippen LogP contribution < -0.4 is 5.32 Å². The molecule has 0 fully saturated rings. The van der Waals surface area contributed by atoms with E-state index < -0.39 is 0 Å². The molecule has 3 nitrogen and oxygen atoms in total. The van der Waals surface area contributed by atoms with E-state index in [-0.39, 0.29) is 12.8 Å². The first kappa shape index (κ1) is 8.46. The standard InChI is InChI=1S/C6H13NO2/c1-5(7-4-8)6(2)9-3/h6-8H,1,4H2,2-3H3/t6-/m0/s1. The second-order valence-corrected chi connectivity index (χ2v) is 1.74. The number of ether oxygens (including phenoxy) is 1. The molecular weight excluding hydrogens is 118 g/mol. The largest absolute Gasteiger partial charge is 0.377 e. The van der Waals surface area contributed by atoms with Crippen LogP contribution in [0.5, 0.6) is 0 Å². The minimum absolute atomic E-state index is 0.0443. The van der Waals surface area contributed by atoms with Gasteiger partial charge < -0.3 is 15.2 Å². The molecule has 0 amide bonds. The summed E-state index contributed by atoms with van der Waals surface area (Å²) in [5, 5.41) is 11.0. The Morgan fingerprint density at radius 2 is 2.44 bits per heavy atom. The van der Waals surface area contributed by atoms with E-state index in [0.29, 0.717) is 5.70 Å². The lowest BCUT2D eigenvalue weighted by molar-refractivity contribution is 0.134. The summed E-state index contributed by atoms with van der Waals surface area (Å²) in [5.74, 6) is 0. The van der Waals surface area contributed by atoms with Gasteiger partial charge in [-0.2, -0.15) is 0 Å². The first-order chi connectivity index (χ1) is 4.22. The van der Waals surface area contributed by atoms with Crippen LogP contribution in [0.3, 0.4) is 0 Å². The van der Waals surface area contributed by atoms with E-state index >= 15 is 0 Å². The summed E-state index contributed by atoms with van der Waals surface area (Å²) in [5.41, 5.74) is 0.694. The van der Waals surface area contributed by atoms with E-state index in [0.717, 1.165) is 0 Å². The minimum atomic E-state index is -0.0907. The summed E-state index contributed by atoms with van der Waals surface area (Å²) < 4.78 is 4.89.